The SMILES string of the molecule is COc1cccnc1OCC1(N)CCCC1. The molecule has 0 atom stereocenters. The number of rotatable bonds is 4. The summed E-state index contributed by atoms with van der Waals surface area (Å²) in [6, 6.07) is 3.65. The zero-order valence-electron chi connectivity index (χ0n) is 9.61. The van der Waals surface area contributed by atoms with Gasteiger partial charge in [-0.1, -0.05) is 12.8 Å². The molecule has 16 heavy (non-hydrogen) atoms. The molecule has 1 heterocycles. The first-order chi connectivity index (χ1) is 7.73. The molecule has 4 nitrogen and oxygen atoms in total. The number of nitrogens with two attached hydrogens (primary N) is 1. The van der Waals surface area contributed by atoms with Crippen LogP contribution < -0.4 is 15.2 Å². The van der Waals surface area contributed by atoms with Crippen LogP contribution in [0.25, 0.3) is 0 Å². The van der Waals surface area contributed by atoms with Crippen LogP contribution in [0.1, 0.15) is 25.7 Å². The minimum absolute atomic E-state index is 0.178. The topological polar surface area (TPSA) is 57.4 Å². The highest BCUT2D eigenvalue weighted by Gasteiger charge is 2.30. The lowest BCUT2D eigenvalue weighted by Crippen LogP contribution is -2.42. The third kappa shape index (κ3) is 2.44. The molecule has 1 aliphatic carbocycles. The van der Waals surface area contributed by atoms with Crippen molar-refractivity contribution >= 4 is 0 Å². The van der Waals surface area contributed by atoms with Gasteiger partial charge in [-0.05, 0) is 25.0 Å². The van der Waals surface area contributed by atoms with Crippen molar-refractivity contribution in [2.45, 2.75) is 31.2 Å². The fourth-order valence-corrected chi connectivity index (χ4v) is 2.08. The second-order valence-electron chi connectivity index (χ2n) is 4.37. The molecule has 0 aliphatic heterocycles. The smallest absolute Gasteiger partial charge is 0.257 e. The van der Waals surface area contributed by atoms with Crippen LogP contribution in [0.5, 0.6) is 11.6 Å². The molecule has 1 fully saturated rings. The average Bonchev–Trinajstić information content (AvgIpc) is 2.74. The molecule has 0 aromatic carbocycles. The minimum Gasteiger partial charge on any atom is -0.491 e. The first kappa shape index (κ1) is 11.2. The molecule has 1 saturated carbocycles. The van der Waals surface area contributed by atoms with Crippen molar-refractivity contribution in [3.8, 4) is 11.6 Å². The van der Waals surface area contributed by atoms with Crippen LogP contribution in [-0.2, 0) is 0 Å². The van der Waals surface area contributed by atoms with E-state index in [4.69, 9.17) is 15.2 Å². The molecule has 4 heteroatoms. The molecule has 2 rings (SSSR count). The first-order valence-electron chi connectivity index (χ1n) is 5.64. The second kappa shape index (κ2) is 4.70. The van der Waals surface area contributed by atoms with E-state index >= 15 is 0 Å². The van der Waals surface area contributed by atoms with Gasteiger partial charge in [0.05, 0.1) is 12.6 Å². The molecule has 0 saturated heterocycles. The van der Waals surface area contributed by atoms with Crippen molar-refractivity contribution in [2.75, 3.05) is 13.7 Å². The number of aromatic nitrogens is 1. The summed E-state index contributed by atoms with van der Waals surface area (Å²) in [4.78, 5) is 4.14. The van der Waals surface area contributed by atoms with Crippen LogP contribution in [0.4, 0.5) is 0 Å². The van der Waals surface area contributed by atoms with E-state index < -0.39 is 0 Å². The minimum atomic E-state index is -0.178. The molecule has 88 valence electrons. The molecule has 0 spiro atoms. The van der Waals surface area contributed by atoms with Crippen molar-refractivity contribution in [1.82, 2.24) is 4.98 Å². The summed E-state index contributed by atoms with van der Waals surface area (Å²) in [6.07, 6.45) is 6.14. The number of nitrogens with zero attached hydrogens (tertiary/aromatic N) is 1. The largest absolute Gasteiger partial charge is 0.491 e. The molecule has 2 N–H and O–H groups in total. The highest BCUT2D eigenvalue weighted by atomic mass is 16.5. The van der Waals surface area contributed by atoms with Gasteiger partial charge >= 0.3 is 0 Å². The van der Waals surface area contributed by atoms with E-state index in [2.05, 4.69) is 4.98 Å². The average molecular weight is 222 g/mol. The van der Waals surface area contributed by atoms with Gasteiger partial charge < -0.3 is 15.2 Å². The van der Waals surface area contributed by atoms with E-state index in [1.54, 1.807) is 13.3 Å². The number of hydrogen-bond donors (Lipinski definition) is 1. The summed E-state index contributed by atoms with van der Waals surface area (Å²) >= 11 is 0. The van der Waals surface area contributed by atoms with Gasteiger partial charge in [0.2, 0.25) is 0 Å². The van der Waals surface area contributed by atoms with Crippen LogP contribution in [0.3, 0.4) is 0 Å². The third-order valence-electron chi connectivity index (χ3n) is 3.05. The first-order valence-corrected chi connectivity index (χ1v) is 5.64. The van der Waals surface area contributed by atoms with E-state index in [1.165, 1.54) is 12.8 Å². The molecule has 1 aromatic heterocycles. The summed E-state index contributed by atoms with van der Waals surface area (Å²) < 4.78 is 10.8. The maximum absolute atomic E-state index is 6.20. The maximum Gasteiger partial charge on any atom is 0.257 e. The summed E-state index contributed by atoms with van der Waals surface area (Å²) in [5.41, 5.74) is 6.03. The van der Waals surface area contributed by atoms with Gasteiger partial charge in [-0.2, -0.15) is 0 Å². The normalized spacial score (nSPS) is 18.4. The summed E-state index contributed by atoms with van der Waals surface area (Å²) in [6.45, 7) is 0.514. The van der Waals surface area contributed by atoms with Gasteiger partial charge in [0.15, 0.2) is 5.75 Å². The van der Waals surface area contributed by atoms with Crippen LogP contribution in [-0.4, -0.2) is 24.2 Å². The van der Waals surface area contributed by atoms with E-state index in [0.717, 1.165) is 12.8 Å². The Morgan fingerprint density at radius 1 is 1.44 bits per heavy atom. The van der Waals surface area contributed by atoms with E-state index in [9.17, 15) is 0 Å². The van der Waals surface area contributed by atoms with Gasteiger partial charge in [0.1, 0.15) is 6.61 Å². The summed E-state index contributed by atoms with van der Waals surface area (Å²) in [5, 5.41) is 0. The van der Waals surface area contributed by atoms with Crippen molar-refractivity contribution in [2.24, 2.45) is 5.73 Å². The van der Waals surface area contributed by atoms with Gasteiger partial charge in [0, 0.05) is 6.20 Å². The van der Waals surface area contributed by atoms with E-state index in [0.29, 0.717) is 18.2 Å². The summed E-state index contributed by atoms with van der Waals surface area (Å²) in [5.74, 6) is 1.19. The van der Waals surface area contributed by atoms with E-state index in [1.807, 2.05) is 12.1 Å². The number of methoxy groups -OCH3 is 1. The molecule has 0 bridgehead atoms. The highest BCUT2D eigenvalue weighted by molar-refractivity contribution is 5.32. The lowest BCUT2D eigenvalue weighted by Gasteiger charge is -2.23. The molecule has 1 aliphatic rings. The summed E-state index contributed by atoms with van der Waals surface area (Å²) in [7, 11) is 1.61. The van der Waals surface area contributed by atoms with Gasteiger partial charge in [-0.15, -0.1) is 0 Å². The molecule has 0 amide bonds. The molecule has 0 radical (unpaired) electrons. The van der Waals surface area contributed by atoms with Crippen molar-refractivity contribution < 1.29 is 9.47 Å². The van der Waals surface area contributed by atoms with Crippen molar-refractivity contribution in [3.63, 3.8) is 0 Å². The molecule has 0 unspecified atom stereocenters. The predicted molar refractivity (Wildman–Crippen MR) is 61.7 cm³/mol. The fourth-order valence-electron chi connectivity index (χ4n) is 2.08. The zero-order chi connectivity index (χ0) is 11.4. The number of ether oxygens (including phenoxy) is 2. The lowest BCUT2D eigenvalue weighted by molar-refractivity contribution is 0.205. The van der Waals surface area contributed by atoms with Crippen LogP contribution in [0.15, 0.2) is 18.3 Å². The van der Waals surface area contributed by atoms with Gasteiger partial charge in [0.25, 0.3) is 5.88 Å². The second-order valence-corrected chi connectivity index (χ2v) is 4.37. The Balaban J connectivity index is 1.98. The van der Waals surface area contributed by atoms with E-state index in [-0.39, 0.29) is 5.54 Å². The van der Waals surface area contributed by atoms with Crippen LogP contribution in [0, 0.1) is 0 Å². The number of pyridine rings is 1. The van der Waals surface area contributed by atoms with Gasteiger partial charge in [-0.3, -0.25) is 0 Å². The van der Waals surface area contributed by atoms with Crippen molar-refractivity contribution in [3.05, 3.63) is 18.3 Å². The number of hydrogen-bond acceptors (Lipinski definition) is 4. The molecular weight excluding hydrogens is 204 g/mol. The predicted octanol–water partition coefficient (Wildman–Crippen LogP) is 1.74. The molecule has 1 aromatic rings. The Kier molecular flexibility index (Phi) is 3.29. The highest BCUT2D eigenvalue weighted by Crippen LogP contribution is 2.29. The quantitative estimate of drug-likeness (QED) is 0.843. The monoisotopic (exact) mass is 222 g/mol. The Morgan fingerprint density at radius 3 is 2.88 bits per heavy atom. The third-order valence-corrected chi connectivity index (χ3v) is 3.05. The van der Waals surface area contributed by atoms with Crippen molar-refractivity contribution in [1.29, 1.82) is 0 Å². The fraction of sp³-hybridized carbons (Fsp3) is 0.583. The lowest BCUT2D eigenvalue weighted by atomic mass is 10.0. The zero-order valence-corrected chi connectivity index (χ0v) is 9.61. The Morgan fingerprint density at radius 2 is 2.19 bits per heavy atom. The van der Waals surface area contributed by atoms with Crippen LogP contribution in [0.2, 0.25) is 0 Å². The Bertz CT molecular complexity index is 349. The van der Waals surface area contributed by atoms with Gasteiger partial charge in [-0.25, -0.2) is 4.98 Å². The Hall–Kier alpha value is -1.29. The maximum atomic E-state index is 6.20. The van der Waals surface area contributed by atoms with Crippen LogP contribution >= 0.6 is 0 Å². The standard InChI is InChI=1S/C12H18N2O2/c1-15-10-5-4-8-14-11(10)16-9-12(13)6-2-3-7-12/h4-5,8H,2-3,6-7,9,13H2,1H3. The Labute approximate surface area is 95.8 Å². The molecular formula is C12H18N2O2.